The van der Waals surface area contributed by atoms with Gasteiger partial charge in [-0.1, -0.05) is 0 Å². The summed E-state index contributed by atoms with van der Waals surface area (Å²) in [6, 6.07) is 0. The summed E-state index contributed by atoms with van der Waals surface area (Å²) in [5.41, 5.74) is -4.02. The van der Waals surface area contributed by atoms with Gasteiger partial charge in [0.25, 0.3) is 0 Å². The molecule has 0 unspecified atom stereocenters. The Bertz CT molecular complexity index is 469. The molecule has 17 heavy (non-hydrogen) atoms. The lowest BCUT2D eigenvalue weighted by Crippen LogP contribution is -2.27. The lowest BCUT2D eigenvalue weighted by molar-refractivity contribution is -0.0327. The Morgan fingerprint density at radius 1 is 1.53 bits per heavy atom. The molecular formula is C7H10F3N3O2S2. The molecule has 0 radical (unpaired) electrons. The molecule has 1 aromatic heterocycles. The number of halogens is 3. The Labute approximate surface area is 100 Å². The van der Waals surface area contributed by atoms with Gasteiger partial charge in [-0.05, 0) is 18.7 Å². The summed E-state index contributed by atoms with van der Waals surface area (Å²) in [5.74, 6) is -0.375. The molecule has 98 valence electrons. The van der Waals surface area contributed by atoms with Gasteiger partial charge in [-0.3, -0.25) is 5.10 Å². The highest BCUT2D eigenvalue weighted by Gasteiger charge is 2.28. The Hall–Kier alpha value is -0.740. The quantitative estimate of drug-likeness (QED) is 0.800. The summed E-state index contributed by atoms with van der Waals surface area (Å²) in [7, 11) is -3.79. The van der Waals surface area contributed by atoms with Crippen LogP contribution in [0.2, 0.25) is 0 Å². The Balaban J connectivity index is 2.50. The number of H-pyrrole nitrogens is 1. The van der Waals surface area contributed by atoms with Crippen LogP contribution in [0, 0.1) is 6.92 Å². The molecule has 1 rings (SSSR count). The van der Waals surface area contributed by atoms with Crippen molar-refractivity contribution in [2.45, 2.75) is 17.3 Å². The van der Waals surface area contributed by atoms with Crippen molar-refractivity contribution in [3.63, 3.8) is 0 Å². The molecule has 0 spiro atoms. The lowest BCUT2D eigenvalue weighted by Gasteiger charge is -2.07. The maximum Gasteiger partial charge on any atom is 0.441 e. The maximum absolute atomic E-state index is 11.8. The SMILES string of the molecule is Cc1[nH]ncc1S(=O)(=O)NCCSC(F)(F)F. The molecule has 0 saturated heterocycles. The third-order valence-electron chi connectivity index (χ3n) is 1.73. The molecule has 10 heteroatoms. The predicted molar refractivity (Wildman–Crippen MR) is 57.0 cm³/mol. The molecule has 0 atom stereocenters. The summed E-state index contributed by atoms with van der Waals surface area (Å²) >= 11 is -0.275. The zero-order valence-corrected chi connectivity index (χ0v) is 10.3. The van der Waals surface area contributed by atoms with E-state index in [0.717, 1.165) is 6.20 Å². The number of hydrogen-bond acceptors (Lipinski definition) is 4. The van der Waals surface area contributed by atoms with Crippen molar-refractivity contribution in [2.24, 2.45) is 0 Å². The summed E-state index contributed by atoms with van der Waals surface area (Å²) < 4.78 is 60.6. The second-order valence-electron chi connectivity index (χ2n) is 3.05. The van der Waals surface area contributed by atoms with Crippen molar-refractivity contribution in [2.75, 3.05) is 12.3 Å². The zero-order valence-electron chi connectivity index (χ0n) is 8.71. The van der Waals surface area contributed by atoms with Crippen LogP contribution in [0.3, 0.4) is 0 Å². The van der Waals surface area contributed by atoms with E-state index in [1.807, 2.05) is 0 Å². The van der Waals surface area contributed by atoms with Crippen LogP contribution in [0.25, 0.3) is 0 Å². The van der Waals surface area contributed by atoms with Crippen molar-refractivity contribution in [1.29, 1.82) is 0 Å². The monoisotopic (exact) mass is 289 g/mol. The second-order valence-corrected chi connectivity index (χ2v) is 5.95. The van der Waals surface area contributed by atoms with Gasteiger partial charge in [-0.15, -0.1) is 0 Å². The topological polar surface area (TPSA) is 74.8 Å². The maximum atomic E-state index is 11.8. The average Bonchev–Trinajstić information content (AvgIpc) is 2.58. The number of rotatable bonds is 5. The van der Waals surface area contributed by atoms with E-state index in [-0.39, 0.29) is 29.0 Å². The van der Waals surface area contributed by atoms with Crippen molar-refractivity contribution in [1.82, 2.24) is 14.9 Å². The number of hydrogen-bond donors (Lipinski definition) is 2. The summed E-state index contributed by atoms with van der Waals surface area (Å²) in [6.07, 6.45) is 1.11. The molecular weight excluding hydrogens is 279 g/mol. The zero-order chi connectivity index (χ0) is 13.1. The number of aryl methyl sites for hydroxylation is 1. The van der Waals surface area contributed by atoms with Crippen LogP contribution in [0.5, 0.6) is 0 Å². The molecule has 0 fully saturated rings. The minimum atomic E-state index is -4.35. The molecule has 0 amide bonds. The fraction of sp³-hybridized carbons (Fsp3) is 0.571. The molecule has 0 bridgehead atoms. The van der Waals surface area contributed by atoms with Gasteiger partial charge >= 0.3 is 5.51 Å². The van der Waals surface area contributed by atoms with Crippen LogP contribution in [0.4, 0.5) is 13.2 Å². The third kappa shape index (κ3) is 4.56. The van der Waals surface area contributed by atoms with Gasteiger partial charge in [0.1, 0.15) is 4.90 Å². The fourth-order valence-corrected chi connectivity index (χ4v) is 2.76. The van der Waals surface area contributed by atoms with Gasteiger partial charge in [-0.25, -0.2) is 13.1 Å². The fourth-order valence-electron chi connectivity index (χ4n) is 1.03. The number of nitrogens with one attached hydrogen (secondary N) is 2. The number of alkyl halides is 3. The summed E-state index contributed by atoms with van der Waals surface area (Å²) in [4.78, 5) is -0.0606. The van der Waals surface area contributed by atoms with E-state index in [1.165, 1.54) is 6.92 Å². The van der Waals surface area contributed by atoms with E-state index in [4.69, 9.17) is 0 Å². The normalized spacial score (nSPS) is 12.9. The van der Waals surface area contributed by atoms with Crippen molar-refractivity contribution < 1.29 is 21.6 Å². The lowest BCUT2D eigenvalue weighted by atomic mass is 10.5. The van der Waals surface area contributed by atoms with E-state index in [9.17, 15) is 21.6 Å². The van der Waals surface area contributed by atoms with Crippen molar-refractivity contribution in [3.8, 4) is 0 Å². The number of nitrogens with zero attached hydrogens (tertiary/aromatic N) is 1. The Kier molecular flexibility index (Phi) is 4.44. The molecule has 0 aliphatic heterocycles. The van der Waals surface area contributed by atoms with Crippen LogP contribution in [-0.2, 0) is 10.0 Å². The van der Waals surface area contributed by atoms with E-state index in [2.05, 4.69) is 14.9 Å². The molecule has 1 heterocycles. The van der Waals surface area contributed by atoms with Gasteiger partial charge in [0, 0.05) is 12.3 Å². The number of aromatic amines is 1. The molecule has 2 N–H and O–H groups in total. The third-order valence-corrected chi connectivity index (χ3v) is 4.04. The highest BCUT2D eigenvalue weighted by molar-refractivity contribution is 8.00. The van der Waals surface area contributed by atoms with Gasteiger partial charge in [0.05, 0.1) is 11.9 Å². The van der Waals surface area contributed by atoms with Gasteiger partial charge in [0.2, 0.25) is 10.0 Å². The molecule has 5 nitrogen and oxygen atoms in total. The van der Waals surface area contributed by atoms with Crippen LogP contribution < -0.4 is 4.72 Å². The van der Waals surface area contributed by atoms with E-state index in [1.54, 1.807) is 0 Å². The Morgan fingerprint density at radius 3 is 2.65 bits per heavy atom. The van der Waals surface area contributed by atoms with E-state index < -0.39 is 15.5 Å². The average molecular weight is 289 g/mol. The van der Waals surface area contributed by atoms with Crippen LogP contribution in [0.1, 0.15) is 5.69 Å². The molecule has 0 aromatic carbocycles. The minimum Gasteiger partial charge on any atom is -0.281 e. The predicted octanol–water partition coefficient (Wildman–Crippen LogP) is 1.25. The first-order valence-corrected chi connectivity index (χ1v) is 6.89. The molecule has 0 aliphatic carbocycles. The number of thioether (sulfide) groups is 1. The minimum absolute atomic E-state index is 0.0606. The molecule has 0 saturated carbocycles. The van der Waals surface area contributed by atoms with E-state index >= 15 is 0 Å². The standard InChI is InChI=1S/C7H10F3N3O2S2/c1-5-6(4-11-13-5)17(14,15)12-2-3-16-7(8,9)10/h4,12H,2-3H2,1H3,(H,11,13). The number of aromatic nitrogens is 2. The molecule has 1 aromatic rings. The summed E-state index contributed by atoms with van der Waals surface area (Å²) in [6.45, 7) is 1.21. The van der Waals surface area contributed by atoms with Gasteiger partial charge in [-0.2, -0.15) is 18.3 Å². The Morgan fingerprint density at radius 2 is 2.18 bits per heavy atom. The second kappa shape index (κ2) is 5.27. The molecule has 0 aliphatic rings. The van der Waals surface area contributed by atoms with Crippen LogP contribution >= 0.6 is 11.8 Å². The first kappa shape index (κ1) is 14.3. The summed E-state index contributed by atoms with van der Waals surface area (Å²) in [5, 5.41) is 5.96. The van der Waals surface area contributed by atoms with Gasteiger partial charge < -0.3 is 0 Å². The smallest absolute Gasteiger partial charge is 0.281 e. The van der Waals surface area contributed by atoms with Gasteiger partial charge in [0.15, 0.2) is 0 Å². The first-order chi connectivity index (χ1) is 7.72. The van der Waals surface area contributed by atoms with Crippen LogP contribution in [0.15, 0.2) is 11.1 Å². The van der Waals surface area contributed by atoms with Crippen LogP contribution in [-0.4, -0.2) is 36.4 Å². The first-order valence-electron chi connectivity index (χ1n) is 4.43. The van der Waals surface area contributed by atoms with Crippen molar-refractivity contribution >= 4 is 21.8 Å². The van der Waals surface area contributed by atoms with Crippen molar-refractivity contribution in [3.05, 3.63) is 11.9 Å². The number of sulfonamides is 1. The largest absolute Gasteiger partial charge is 0.441 e. The highest BCUT2D eigenvalue weighted by atomic mass is 32.2. The van der Waals surface area contributed by atoms with E-state index in [0.29, 0.717) is 5.69 Å². The highest BCUT2D eigenvalue weighted by Crippen LogP contribution is 2.29.